The molecule has 5 heteroatoms. The van der Waals surface area contributed by atoms with E-state index in [-0.39, 0.29) is 0 Å². The first kappa shape index (κ1) is 13.8. The standard InChI is InChI=1S/C14H17BrN4/c1-3-13-17-12(16)8-14(18-13)19(2)9-10-5-4-6-11(15)7-10/h4-8H,3,9H2,1-2H3,(H2,16,17,18). The van der Waals surface area contributed by atoms with Gasteiger partial charge in [-0.25, -0.2) is 9.97 Å². The number of nitrogens with two attached hydrogens (primary N) is 1. The molecular formula is C14H17BrN4. The molecule has 1 aromatic carbocycles. The van der Waals surface area contributed by atoms with Crippen LogP contribution in [0.15, 0.2) is 34.8 Å². The molecule has 0 aliphatic rings. The second-order valence-corrected chi connectivity index (χ2v) is 5.32. The van der Waals surface area contributed by atoms with Gasteiger partial charge in [0, 0.05) is 30.6 Å². The number of halogens is 1. The second kappa shape index (κ2) is 6.02. The van der Waals surface area contributed by atoms with Gasteiger partial charge in [-0.3, -0.25) is 0 Å². The highest BCUT2D eigenvalue weighted by atomic mass is 79.9. The third kappa shape index (κ3) is 3.67. The summed E-state index contributed by atoms with van der Waals surface area (Å²) in [5.41, 5.74) is 7.02. The maximum absolute atomic E-state index is 5.81. The topological polar surface area (TPSA) is 55.0 Å². The fourth-order valence-electron chi connectivity index (χ4n) is 1.85. The van der Waals surface area contributed by atoms with Gasteiger partial charge < -0.3 is 10.6 Å². The molecule has 0 unspecified atom stereocenters. The van der Waals surface area contributed by atoms with Crippen molar-refractivity contribution in [1.82, 2.24) is 9.97 Å². The fourth-order valence-corrected chi connectivity index (χ4v) is 2.29. The summed E-state index contributed by atoms with van der Waals surface area (Å²) in [6.45, 7) is 2.80. The van der Waals surface area contributed by atoms with Crippen LogP contribution in [0, 0.1) is 0 Å². The number of anilines is 2. The third-order valence-corrected chi connectivity index (χ3v) is 3.29. The molecule has 19 heavy (non-hydrogen) atoms. The molecule has 2 rings (SSSR count). The Kier molecular flexibility index (Phi) is 4.37. The van der Waals surface area contributed by atoms with Gasteiger partial charge in [-0.1, -0.05) is 35.0 Å². The summed E-state index contributed by atoms with van der Waals surface area (Å²) in [5, 5.41) is 0. The Morgan fingerprint density at radius 3 is 2.74 bits per heavy atom. The quantitative estimate of drug-likeness (QED) is 0.940. The maximum atomic E-state index is 5.81. The highest BCUT2D eigenvalue weighted by Gasteiger charge is 2.07. The number of aromatic nitrogens is 2. The van der Waals surface area contributed by atoms with Crippen molar-refractivity contribution in [2.45, 2.75) is 19.9 Å². The number of hydrogen-bond acceptors (Lipinski definition) is 4. The number of rotatable bonds is 4. The van der Waals surface area contributed by atoms with Crippen LogP contribution in [0.1, 0.15) is 18.3 Å². The molecule has 0 saturated heterocycles. The van der Waals surface area contributed by atoms with E-state index in [0.29, 0.717) is 5.82 Å². The van der Waals surface area contributed by atoms with Crippen LogP contribution in [-0.2, 0) is 13.0 Å². The molecular weight excluding hydrogens is 304 g/mol. The summed E-state index contributed by atoms with van der Waals surface area (Å²) >= 11 is 3.48. The predicted octanol–water partition coefficient (Wildman–Crippen LogP) is 3.02. The van der Waals surface area contributed by atoms with Gasteiger partial charge in [-0.15, -0.1) is 0 Å². The highest BCUT2D eigenvalue weighted by Crippen LogP contribution is 2.18. The molecule has 1 heterocycles. The molecule has 4 nitrogen and oxygen atoms in total. The molecule has 0 amide bonds. The molecule has 0 aliphatic carbocycles. The van der Waals surface area contributed by atoms with Crippen molar-refractivity contribution in [2.24, 2.45) is 0 Å². The highest BCUT2D eigenvalue weighted by molar-refractivity contribution is 9.10. The summed E-state index contributed by atoms with van der Waals surface area (Å²) in [4.78, 5) is 10.8. The van der Waals surface area contributed by atoms with E-state index < -0.39 is 0 Å². The summed E-state index contributed by atoms with van der Waals surface area (Å²) in [7, 11) is 2.00. The van der Waals surface area contributed by atoms with E-state index in [1.165, 1.54) is 5.56 Å². The van der Waals surface area contributed by atoms with Gasteiger partial charge in [-0.05, 0) is 17.7 Å². The number of benzene rings is 1. The Morgan fingerprint density at radius 2 is 2.05 bits per heavy atom. The second-order valence-electron chi connectivity index (χ2n) is 4.41. The van der Waals surface area contributed by atoms with Crippen molar-refractivity contribution >= 4 is 27.6 Å². The van der Waals surface area contributed by atoms with E-state index >= 15 is 0 Å². The average molecular weight is 321 g/mol. The Hall–Kier alpha value is -1.62. The molecule has 0 atom stereocenters. The molecule has 2 aromatic rings. The van der Waals surface area contributed by atoms with Gasteiger partial charge >= 0.3 is 0 Å². The van der Waals surface area contributed by atoms with Gasteiger partial charge in [0.15, 0.2) is 0 Å². The number of hydrogen-bond donors (Lipinski definition) is 1. The zero-order valence-corrected chi connectivity index (χ0v) is 12.7. The van der Waals surface area contributed by atoms with Crippen molar-refractivity contribution in [3.05, 3.63) is 46.2 Å². The minimum absolute atomic E-state index is 0.517. The predicted molar refractivity (Wildman–Crippen MR) is 82.1 cm³/mol. The fraction of sp³-hybridized carbons (Fsp3) is 0.286. The van der Waals surface area contributed by atoms with Gasteiger partial charge in [0.1, 0.15) is 17.5 Å². The normalized spacial score (nSPS) is 10.5. The summed E-state index contributed by atoms with van der Waals surface area (Å²) < 4.78 is 1.08. The molecule has 0 aliphatic heterocycles. The van der Waals surface area contributed by atoms with Gasteiger partial charge in [0.2, 0.25) is 0 Å². The van der Waals surface area contributed by atoms with Crippen LogP contribution in [-0.4, -0.2) is 17.0 Å². The van der Waals surface area contributed by atoms with Crippen LogP contribution in [0.4, 0.5) is 11.6 Å². The molecule has 2 N–H and O–H groups in total. The number of nitrogen functional groups attached to an aromatic ring is 1. The number of aryl methyl sites for hydroxylation is 1. The molecule has 0 radical (unpaired) electrons. The lowest BCUT2D eigenvalue weighted by molar-refractivity contribution is 0.861. The first-order chi connectivity index (χ1) is 9.08. The minimum atomic E-state index is 0.517. The molecule has 0 spiro atoms. The Morgan fingerprint density at radius 1 is 1.26 bits per heavy atom. The molecule has 0 fully saturated rings. The van der Waals surface area contributed by atoms with E-state index in [1.807, 2.05) is 26.1 Å². The first-order valence-electron chi connectivity index (χ1n) is 6.17. The molecule has 100 valence electrons. The minimum Gasteiger partial charge on any atom is -0.384 e. The number of nitrogens with zero attached hydrogens (tertiary/aromatic N) is 3. The Labute approximate surface area is 121 Å². The van der Waals surface area contributed by atoms with Gasteiger partial charge in [-0.2, -0.15) is 0 Å². The van der Waals surface area contributed by atoms with Crippen molar-refractivity contribution < 1.29 is 0 Å². The van der Waals surface area contributed by atoms with E-state index in [1.54, 1.807) is 6.07 Å². The lowest BCUT2D eigenvalue weighted by atomic mass is 10.2. The molecule has 1 aromatic heterocycles. The Bertz CT molecular complexity index is 571. The average Bonchev–Trinajstić information content (AvgIpc) is 2.38. The molecule has 0 bridgehead atoms. The summed E-state index contributed by atoms with van der Waals surface area (Å²) in [6, 6.07) is 10.0. The monoisotopic (exact) mass is 320 g/mol. The van der Waals surface area contributed by atoms with Crippen molar-refractivity contribution in [3.8, 4) is 0 Å². The van der Waals surface area contributed by atoms with Crippen molar-refractivity contribution in [1.29, 1.82) is 0 Å². The van der Waals surface area contributed by atoms with Crippen LogP contribution in [0.5, 0.6) is 0 Å². The zero-order valence-electron chi connectivity index (χ0n) is 11.1. The molecule has 0 saturated carbocycles. The van der Waals surface area contributed by atoms with Crippen molar-refractivity contribution in [2.75, 3.05) is 17.7 Å². The SMILES string of the molecule is CCc1nc(N)cc(N(C)Cc2cccc(Br)c2)n1. The largest absolute Gasteiger partial charge is 0.384 e. The summed E-state index contributed by atoms with van der Waals surface area (Å²) in [5.74, 6) is 2.14. The van der Waals surface area contributed by atoms with E-state index in [0.717, 1.165) is 29.1 Å². The lowest BCUT2D eigenvalue weighted by Gasteiger charge is -2.19. The zero-order chi connectivity index (χ0) is 13.8. The smallest absolute Gasteiger partial charge is 0.134 e. The van der Waals surface area contributed by atoms with Gasteiger partial charge in [0.05, 0.1) is 0 Å². The van der Waals surface area contributed by atoms with Crippen LogP contribution < -0.4 is 10.6 Å². The third-order valence-electron chi connectivity index (χ3n) is 2.79. The van der Waals surface area contributed by atoms with Gasteiger partial charge in [0.25, 0.3) is 0 Å². The lowest BCUT2D eigenvalue weighted by Crippen LogP contribution is -2.19. The van der Waals surface area contributed by atoms with Crippen LogP contribution in [0.2, 0.25) is 0 Å². The van der Waals surface area contributed by atoms with E-state index in [2.05, 4.69) is 42.9 Å². The van der Waals surface area contributed by atoms with E-state index in [9.17, 15) is 0 Å². The van der Waals surface area contributed by atoms with Crippen LogP contribution in [0.25, 0.3) is 0 Å². The van der Waals surface area contributed by atoms with Crippen molar-refractivity contribution in [3.63, 3.8) is 0 Å². The maximum Gasteiger partial charge on any atom is 0.134 e. The van der Waals surface area contributed by atoms with Crippen LogP contribution in [0.3, 0.4) is 0 Å². The summed E-state index contributed by atoms with van der Waals surface area (Å²) in [6.07, 6.45) is 0.781. The van der Waals surface area contributed by atoms with E-state index in [4.69, 9.17) is 5.73 Å². The first-order valence-corrected chi connectivity index (χ1v) is 6.97. The van der Waals surface area contributed by atoms with Crippen LogP contribution >= 0.6 is 15.9 Å². The Balaban J connectivity index is 2.20.